The Morgan fingerprint density at radius 2 is 1.50 bits per heavy atom. The van der Waals surface area contributed by atoms with Gasteiger partial charge in [0, 0.05) is 27.3 Å². The van der Waals surface area contributed by atoms with Crippen LogP contribution in [0.15, 0.2) is 72.8 Å². The second kappa shape index (κ2) is 7.14. The third kappa shape index (κ3) is 3.28. The van der Waals surface area contributed by atoms with E-state index in [1.54, 1.807) is 26.8 Å². The van der Waals surface area contributed by atoms with Gasteiger partial charge in [0.1, 0.15) is 0 Å². The zero-order chi connectivity index (χ0) is 19.7. The van der Waals surface area contributed by atoms with Gasteiger partial charge in [-0.1, -0.05) is 36.3 Å². The Labute approximate surface area is 167 Å². The fourth-order valence-electron chi connectivity index (χ4n) is 3.47. The molecule has 0 N–H and O–H groups in total. The summed E-state index contributed by atoms with van der Waals surface area (Å²) in [5.74, 6) is 5.40. The molecule has 0 saturated heterocycles. The second-order valence-electron chi connectivity index (χ2n) is 7.10. The van der Waals surface area contributed by atoms with Crippen molar-refractivity contribution in [2.24, 2.45) is 0 Å². The highest BCUT2D eigenvalue weighted by atomic mass is 32.2. The van der Waals surface area contributed by atoms with Crippen molar-refractivity contribution in [2.75, 3.05) is 0 Å². The van der Waals surface area contributed by atoms with Crippen LogP contribution in [0.25, 0.3) is 25.1 Å². The van der Waals surface area contributed by atoms with Crippen LogP contribution in [0.2, 0.25) is 0 Å². The van der Waals surface area contributed by atoms with Gasteiger partial charge in [0.25, 0.3) is 0 Å². The number of benzene rings is 3. The summed E-state index contributed by atoms with van der Waals surface area (Å²) in [7, 11) is -0.230. The monoisotopic (exact) mass is 385 g/mol. The number of fused-ring (bicyclic) bond motifs is 3. The van der Waals surface area contributed by atoms with Gasteiger partial charge in [-0.15, -0.1) is 5.92 Å². The van der Waals surface area contributed by atoms with Gasteiger partial charge in [-0.25, -0.2) is 4.79 Å². The smallest absolute Gasteiger partial charge is 0.339 e. The molecule has 3 aromatic carbocycles. The first-order valence-electron chi connectivity index (χ1n) is 9.20. The topological polar surface area (TPSA) is 26.3 Å². The Balaban J connectivity index is 1.84. The van der Waals surface area contributed by atoms with Crippen LogP contribution in [-0.2, 0) is 4.74 Å². The maximum absolute atomic E-state index is 12.7. The molecule has 2 nitrogen and oxygen atoms in total. The molecule has 0 saturated carbocycles. The third-order valence-corrected chi connectivity index (χ3v) is 6.90. The van der Waals surface area contributed by atoms with Gasteiger partial charge in [0.2, 0.25) is 0 Å². The fourth-order valence-corrected chi connectivity index (χ4v) is 5.90. The normalized spacial score (nSPS) is 11.2. The molecule has 28 heavy (non-hydrogen) atoms. The predicted molar refractivity (Wildman–Crippen MR) is 118 cm³/mol. The van der Waals surface area contributed by atoms with Crippen LogP contribution in [0.3, 0.4) is 0 Å². The number of thiophene rings is 1. The summed E-state index contributed by atoms with van der Waals surface area (Å²) < 4.78 is 8.21. The van der Waals surface area contributed by atoms with E-state index in [-0.39, 0.29) is 16.4 Å². The molecule has 0 amide bonds. The molecule has 0 fully saturated rings. The first-order chi connectivity index (χ1) is 13.5. The molecular formula is C25H21O2S+. The van der Waals surface area contributed by atoms with Crippen molar-refractivity contribution in [1.29, 1.82) is 0 Å². The molecule has 0 aliphatic heterocycles. The van der Waals surface area contributed by atoms with E-state index in [0.29, 0.717) is 5.56 Å². The van der Waals surface area contributed by atoms with E-state index in [2.05, 4.69) is 66.4 Å². The number of hydrogen-bond donors (Lipinski definition) is 0. The number of carbonyl (C=O) groups excluding carboxylic acids is 1. The van der Waals surface area contributed by atoms with E-state index in [0.717, 1.165) is 4.90 Å². The van der Waals surface area contributed by atoms with E-state index >= 15 is 0 Å². The molecule has 3 heteroatoms. The average Bonchev–Trinajstić information content (AvgIpc) is 3.02. The minimum absolute atomic E-state index is 0.230. The van der Waals surface area contributed by atoms with Crippen molar-refractivity contribution < 1.29 is 9.53 Å². The molecule has 1 aromatic heterocycles. The summed E-state index contributed by atoms with van der Waals surface area (Å²) in [4.78, 5) is 13.8. The Bertz CT molecular complexity index is 1200. The molecule has 0 bridgehead atoms. The zero-order valence-corrected chi connectivity index (χ0v) is 17.0. The number of rotatable bonds is 3. The summed E-state index contributed by atoms with van der Waals surface area (Å²) in [6, 6.07) is 24.8. The van der Waals surface area contributed by atoms with E-state index < -0.39 is 5.60 Å². The van der Waals surface area contributed by atoms with Crippen molar-refractivity contribution in [1.82, 2.24) is 0 Å². The Kier molecular flexibility index (Phi) is 4.66. The maximum atomic E-state index is 12.7. The lowest BCUT2D eigenvalue weighted by Gasteiger charge is -2.18. The molecule has 138 valence electrons. The van der Waals surface area contributed by atoms with Crippen molar-refractivity contribution in [3.05, 3.63) is 78.4 Å². The van der Waals surface area contributed by atoms with Crippen LogP contribution in [-0.4, -0.2) is 11.6 Å². The summed E-state index contributed by atoms with van der Waals surface area (Å²) in [6.07, 6.45) is 0. The van der Waals surface area contributed by atoms with Crippen LogP contribution in [0, 0.1) is 11.8 Å². The molecule has 4 rings (SSSR count). The minimum Gasteiger partial charge on any atom is -0.443 e. The summed E-state index contributed by atoms with van der Waals surface area (Å²) >= 11 is 0. The zero-order valence-electron chi connectivity index (χ0n) is 16.2. The highest BCUT2D eigenvalue weighted by Crippen LogP contribution is 2.48. The van der Waals surface area contributed by atoms with E-state index in [4.69, 9.17) is 4.74 Å². The van der Waals surface area contributed by atoms with Gasteiger partial charge in [0.15, 0.2) is 19.9 Å². The Morgan fingerprint density at radius 1 is 0.893 bits per heavy atom. The summed E-state index contributed by atoms with van der Waals surface area (Å²) in [5, 5.41) is 2.54. The molecule has 4 aromatic rings. The van der Waals surface area contributed by atoms with E-state index in [9.17, 15) is 4.79 Å². The summed E-state index contributed by atoms with van der Waals surface area (Å²) in [6.45, 7) is 5.35. The van der Waals surface area contributed by atoms with Crippen LogP contribution >= 0.6 is 10.5 Å². The molecular weight excluding hydrogens is 364 g/mol. The number of ether oxygens (including phenoxy) is 1. The van der Waals surface area contributed by atoms with Crippen LogP contribution in [0.1, 0.15) is 31.1 Å². The molecule has 0 aliphatic rings. The molecule has 0 unspecified atom stereocenters. The van der Waals surface area contributed by atoms with Gasteiger partial charge in [-0.05, 0) is 57.2 Å². The summed E-state index contributed by atoms with van der Waals surface area (Å²) in [5.41, 5.74) is -0.255. The highest BCUT2D eigenvalue weighted by Gasteiger charge is 2.25. The van der Waals surface area contributed by atoms with Gasteiger partial charge in [-0.3, -0.25) is 0 Å². The van der Waals surface area contributed by atoms with Crippen molar-refractivity contribution >= 4 is 36.6 Å². The molecule has 1 heterocycles. The second-order valence-corrected chi connectivity index (χ2v) is 9.06. The molecule has 0 radical (unpaired) electrons. The van der Waals surface area contributed by atoms with Crippen LogP contribution < -0.4 is 0 Å². The fraction of sp³-hybridized carbons (Fsp3) is 0.160. The molecule has 0 aliphatic carbocycles. The number of esters is 1. The van der Waals surface area contributed by atoms with Crippen molar-refractivity contribution in [3.8, 4) is 16.7 Å². The Morgan fingerprint density at radius 3 is 2.11 bits per heavy atom. The lowest BCUT2D eigenvalue weighted by molar-refractivity contribution is 0.0204. The van der Waals surface area contributed by atoms with Crippen molar-refractivity contribution in [3.63, 3.8) is 0 Å². The van der Waals surface area contributed by atoms with Crippen LogP contribution in [0.4, 0.5) is 0 Å². The lowest BCUT2D eigenvalue weighted by atomic mass is 10.1. The van der Waals surface area contributed by atoms with Gasteiger partial charge in [0.05, 0.1) is 5.56 Å². The number of hydrogen-bond acceptors (Lipinski definition) is 2. The lowest BCUT2D eigenvalue weighted by Crippen LogP contribution is -2.26. The third-order valence-electron chi connectivity index (χ3n) is 4.58. The van der Waals surface area contributed by atoms with Gasteiger partial charge < -0.3 is 4.74 Å². The first kappa shape index (κ1) is 18.3. The largest absolute Gasteiger partial charge is 0.443 e. The average molecular weight is 386 g/mol. The first-order valence-corrected chi connectivity index (χ1v) is 10.4. The van der Waals surface area contributed by atoms with Gasteiger partial charge >= 0.3 is 5.97 Å². The minimum atomic E-state index is -0.809. The van der Waals surface area contributed by atoms with E-state index in [1.807, 2.05) is 12.1 Å². The van der Waals surface area contributed by atoms with Crippen LogP contribution in [0.5, 0.6) is 0 Å². The highest BCUT2D eigenvalue weighted by molar-refractivity contribution is 7.50. The SMILES string of the molecule is CC#CC(C)(C)OC(=O)c1cccc(-[s+]2c3ccccc3c3ccccc32)c1. The van der Waals surface area contributed by atoms with Crippen molar-refractivity contribution in [2.45, 2.75) is 26.4 Å². The molecule has 0 spiro atoms. The maximum Gasteiger partial charge on any atom is 0.339 e. The standard InChI is InChI=1S/C25H21O2S/c1-4-16-25(2,3)27-24(26)18-10-9-11-19(17-18)28-22-14-7-5-12-20(22)21-13-6-8-15-23(21)28/h5-15,17H,1-3H3/q+1. The quantitative estimate of drug-likeness (QED) is 0.223. The van der Waals surface area contributed by atoms with Gasteiger partial charge in [-0.2, -0.15) is 0 Å². The number of carbonyl (C=O) groups is 1. The predicted octanol–water partition coefficient (Wildman–Crippen LogP) is 6.69. The Hall–Kier alpha value is -3.09. The van der Waals surface area contributed by atoms with E-state index in [1.165, 1.54) is 20.2 Å². The molecule has 0 atom stereocenters.